The molecule has 1 aliphatic rings. The Morgan fingerprint density at radius 3 is 2.34 bits per heavy atom. The standard InChI is InChI=1S/C24H15FN2O5/c1-13-2-11-19-18(12-13)22(28)20-21(14-3-7-17(8-4-14)27(30)31)26(24(29)23(20)32-19)16-9-5-15(25)6-10-16/h2-12,21H,1H3. The molecule has 0 aliphatic carbocycles. The minimum absolute atomic E-state index is 0.0981. The molecule has 0 spiro atoms. The molecule has 5 rings (SSSR count). The molecule has 0 radical (unpaired) electrons. The number of rotatable bonds is 3. The molecule has 3 aromatic carbocycles. The van der Waals surface area contributed by atoms with E-state index >= 15 is 0 Å². The fourth-order valence-corrected chi connectivity index (χ4v) is 4.05. The smallest absolute Gasteiger partial charge is 0.295 e. The van der Waals surface area contributed by atoms with Gasteiger partial charge in [0.05, 0.1) is 21.9 Å². The van der Waals surface area contributed by atoms with Crippen LogP contribution in [-0.2, 0) is 0 Å². The van der Waals surface area contributed by atoms with Gasteiger partial charge in [-0.2, -0.15) is 0 Å². The van der Waals surface area contributed by atoms with Crippen molar-refractivity contribution in [3.8, 4) is 0 Å². The van der Waals surface area contributed by atoms with Crippen LogP contribution in [0.3, 0.4) is 0 Å². The van der Waals surface area contributed by atoms with Crippen LogP contribution in [0.15, 0.2) is 75.9 Å². The molecule has 0 N–H and O–H groups in total. The maximum atomic E-state index is 13.5. The van der Waals surface area contributed by atoms with E-state index in [0.717, 1.165) is 5.56 Å². The molecule has 1 aliphatic heterocycles. The summed E-state index contributed by atoms with van der Waals surface area (Å²) in [5.41, 5.74) is 1.68. The Morgan fingerprint density at radius 1 is 1.00 bits per heavy atom. The Kier molecular flexibility index (Phi) is 4.37. The number of carbonyl (C=O) groups is 1. The first-order valence-corrected chi connectivity index (χ1v) is 9.76. The third kappa shape index (κ3) is 2.96. The number of nitro groups is 1. The van der Waals surface area contributed by atoms with Crippen molar-refractivity contribution >= 4 is 28.3 Å². The van der Waals surface area contributed by atoms with Gasteiger partial charge < -0.3 is 4.42 Å². The van der Waals surface area contributed by atoms with Crippen LogP contribution in [-0.4, -0.2) is 10.8 Å². The average Bonchev–Trinajstić information content (AvgIpc) is 3.07. The highest BCUT2D eigenvalue weighted by molar-refractivity contribution is 6.10. The topological polar surface area (TPSA) is 93.7 Å². The molecule has 4 aromatic rings. The number of carbonyl (C=O) groups excluding carboxylic acids is 1. The SMILES string of the molecule is Cc1ccc2oc3c(c(=O)c2c1)C(c1ccc([N+](=O)[O-])cc1)N(c1ccc(F)cc1)C3=O. The van der Waals surface area contributed by atoms with E-state index in [0.29, 0.717) is 16.6 Å². The second-order valence-corrected chi connectivity index (χ2v) is 7.58. The summed E-state index contributed by atoms with van der Waals surface area (Å²) in [4.78, 5) is 38.8. The quantitative estimate of drug-likeness (QED) is 0.340. The predicted molar refractivity (Wildman–Crippen MR) is 115 cm³/mol. The summed E-state index contributed by atoms with van der Waals surface area (Å²) in [6, 6.07) is 15.2. The zero-order valence-corrected chi connectivity index (χ0v) is 16.7. The van der Waals surface area contributed by atoms with Crippen LogP contribution in [0.1, 0.15) is 33.3 Å². The summed E-state index contributed by atoms with van der Waals surface area (Å²) in [5.74, 6) is -1.12. The van der Waals surface area contributed by atoms with Gasteiger partial charge in [-0.15, -0.1) is 0 Å². The number of hydrogen-bond acceptors (Lipinski definition) is 5. The van der Waals surface area contributed by atoms with Crippen LogP contribution < -0.4 is 10.3 Å². The monoisotopic (exact) mass is 430 g/mol. The van der Waals surface area contributed by atoms with E-state index in [4.69, 9.17) is 4.42 Å². The van der Waals surface area contributed by atoms with Crippen molar-refractivity contribution in [2.24, 2.45) is 0 Å². The van der Waals surface area contributed by atoms with Crippen molar-refractivity contribution in [1.29, 1.82) is 0 Å². The zero-order valence-electron chi connectivity index (χ0n) is 16.7. The molecule has 1 amide bonds. The van der Waals surface area contributed by atoms with Crippen LogP contribution in [0.2, 0.25) is 0 Å². The Balaban J connectivity index is 1.78. The maximum absolute atomic E-state index is 13.5. The van der Waals surface area contributed by atoms with Gasteiger partial charge in [-0.25, -0.2) is 4.39 Å². The van der Waals surface area contributed by atoms with Crippen molar-refractivity contribution in [3.05, 3.63) is 115 Å². The van der Waals surface area contributed by atoms with Crippen molar-refractivity contribution in [3.63, 3.8) is 0 Å². The van der Waals surface area contributed by atoms with Crippen LogP contribution in [0.4, 0.5) is 15.8 Å². The first kappa shape index (κ1) is 19.6. The number of amides is 1. The number of benzene rings is 3. The van der Waals surface area contributed by atoms with E-state index < -0.39 is 22.7 Å². The number of hydrogen-bond donors (Lipinski definition) is 0. The Morgan fingerprint density at radius 2 is 1.69 bits per heavy atom. The van der Waals surface area contributed by atoms with E-state index in [1.807, 2.05) is 6.92 Å². The lowest BCUT2D eigenvalue weighted by molar-refractivity contribution is -0.384. The molecule has 0 fully saturated rings. The second-order valence-electron chi connectivity index (χ2n) is 7.58. The van der Waals surface area contributed by atoms with Crippen molar-refractivity contribution in [2.75, 3.05) is 4.90 Å². The first-order valence-electron chi connectivity index (χ1n) is 9.76. The largest absolute Gasteiger partial charge is 0.450 e. The molecule has 0 saturated carbocycles. The summed E-state index contributed by atoms with van der Waals surface area (Å²) < 4.78 is 19.4. The highest BCUT2D eigenvalue weighted by atomic mass is 19.1. The van der Waals surface area contributed by atoms with Gasteiger partial charge in [-0.3, -0.25) is 24.6 Å². The van der Waals surface area contributed by atoms with Gasteiger partial charge in [0.15, 0.2) is 5.43 Å². The van der Waals surface area contributed by atoms with Gasteiger partial charge in [0.1, 0.15) is 11.4 Å². The van der Waals surface area contributed by atoms with E-state index in [2.05, 4.69) is 0 Å². The van der Waals surface area contributed by atoms with Gasteiger partial charge in [0.25, 0.3) is 11.6 Å². The van der Waals surface area contributed by atoms with Crippen LogP contribution in [0.25, 0.3) is 11.0 Å². The number of nitro benzene ring substituents is 1. The number of aryl methyl sites for hydroxylation is 1. The molecule has 1 aromatic heterocycles. The highest BCUT2D eigenvalue weighted by Gasteiger charge is 2.43. The Labute approximate surface area is 180 Å². The van der Waals surface area contributed by atoms with Crippen molar-refractivity contribution in [2.45, 2.75) is 13.0 Å². The zero-order chi connectivity index (χ0) is 22.6. The first-order chi connectivity index (χ1) is 15.3. The highest BCUT2D eigenvalue weighted by Crippen LogP contribution is 2.41. The van der Waals surface area contributed by atoms with Gasteiger partial charge in [0.2, 0.25) is 5.76 Å². The number of fused-ring (bicyclic) bond motifs is 2. The number of non-ortho nitro benzene ring substituents is 1. The average molecular weight is 430 g/mol. The van der Waals surface area contributed by atoms with Crippen LogP contribution in [0.5, 0.6) is 0 Å². The van der Waals surface area contributed by atoms with Crippen molar-refractivity contribution in [1.82, 2.24) is 0 Å². The second kappa shape index (κ2) is 7.12. The lowest BCUT2D eigenvalue weighted by Gasteiger charge is -2.25. The van der Waals surface area contributed by atoms with Crippen molar-refractivity contribution < 1.29 is 18.5 Å². The lowest BCUT2D eigenvalue weighted by atomic mass is 9.97. The van der Waals surface area contributed by atoms with E-state index in [1.54, 1.807) is 18.2 Å². The minimum Gasteiger partial charge on any atom is -0.450 e. The fraction of sp³-hybridized carbons (Fsp3) is 0.0833. The maximum Gasteiger partial charge on any atom is 0.295 e. The fourth-order valence-electron chi connectivity index (χ4n) is 4.05. The summed E-state index contributed by atoms with van der Waals surface area (Å²) in [6.45, 7) is 1.84. The summed E-state index contributed by atoms with van der Waals surface area (Å²) in [7, 11) is 0. The molecule has 32 heavy (non-hydrogen) atoms. The van der Waals surface area contributed by atoms with Gasteiger partial charge in [-0.05, 0) is 61.0 Å². The summed E-state index contributed by atoms with van der Waals surface area (Å²) in [6.07, 6.45) is 0. The van der Waals surface area contributed by atoms with Gasteiger partial charge in [-0.1, -0.05) is 11.6 Å². The van der Waals surface area contributed by atoms with Gasteiger partial charge in [0, 0.05) is 17.8 Å². The molecule has 2 heterocycles. The summed E-state index contributed by atoms with van der Waals surface area (Å²) in [5, 5.41) is 11.4. The van der Waals surface area contributed by atoms with E-state index in [9.17, 15) is 24.1 Å². The molecule has 158 valence electrons. The normalized spacial score (nSPS) is 15.2. The number of nitrogens with zero attached hydrogens (tertiary/aromatic N) is 2. The number of anilines is 1. The molecule has 1 unspecified atom stereocenters. The summed E-state index contributed by atoms with van der Waals surface area (Å²) >= 11 is 0. The molecular formula is C24H15FN2O5. The van der Waals surface area contributed by atoms with Crippen LogP contribution >= 0.6 is 0 Å². The third-order valence-electron chi connectivity index (χ3n) is 5.55. The molecule has 1 atom stereocenters. The Bertz CT molecular complexity index is 1460. The van der Waals surface area contributed by atoms with E-state index in [1.165, 1.54) is 53.4 Å². The minimum atomic E-state index is -0.884. The van der Waals surface area contributed by atoms with E-state index in [-0.39, 0.29) is 28.0 Å². The molecule has 0 saturated heterocycles. The molecular weight excluding hydrogens is 415 g/mol. The predicted octanol–water partition coefficient (Wildman–Crippen LogP) is 4.90. The molecule has 0 bridgehead atoms. The lowest BCUT2D eigenvalue weighted by Crippen LogP contribution is -2.29. The third-order valence-corrected chi connectivity index (χ3v) is 5.55. The van der Waals surface area contributed by atoms with Crippen LogP contribution in [0, 0.1) is 22.9 Å². The molecule has 7 nitrogen and oxygen atoms in total. The number of halogens is 1. The molecule has 8 heteroatoms. The van der Waals surface area contributed by atoms with Gasteiger partial charge >= 0.3 is 0 Å². The Hall–Kier alpha value is -4.33.